The van der Waals surface area contributed by atoms with Crippen LogP contribution in [0.15, 0.2) is 18.2 Å². The lowest BCUT2D eigenvalue weighted by Gasteiger charge is -2.35. The van der Waals surface area contributed by atoms with E-state index in [1.807, 2.05) is 0 Å². The zero-order valence-corrected chi connectivity index (χ0v) is 13.7. The van der Waals surface area contributed by atoms with Crippen LogP contribution in [0.2, 0.25) is 0 Å². The number of nitrogens with one attached hydrogen (secondary N) is 1. The zero-order valence-electron chi connectivity index (χ0n) is 13.7. The number of halogens is 1. The second kappa shape index (κ2) is 7.70. The molecule has 1 N–H and O–H groups in total. The van der Waals surface area contributed by atoms with Crippen LogP contribution in [0.4, 0.5) is 10.1 Å². The van der Waals surface area contributed by atoms with Gasteiger partial charge in [0, 0.05) is 38.4 Å². The van der Waals surface area contributed by atoms with Crippen LogP contribution >= 0.6 is 0 Å². The van der Waals surface area contributed by atoms with Crippen LogP contribution in [0, 0.1) is 18.7 Å². The number of carbonyl (C=O) groups excluding carboxylic acids is 1. The molecule has 1 fully saturated rings. The first-order chi connectivity index (χ1) is 10.4. The van der Waals surface area contributed by atoms with E-state index >= 15 is 0 Å². The number of piperazine rings is 1. The highest BCUT2D eigenvalue weighted by atomic mass is 19.1. The summed E-state index contributed by atoms with van der Waals surface area (Å²) in [5, 5.41) is 2.77. The van der Waals surface area contributed by atoms with Gasteiger partial charge in [0.2, 0.25) is 5.91 Å². The average molecular weight is 307 g/mol. The lowest BCUT2D eigenvalue weighted by atomic mass is 10.2. The topological polar surface area (TPSA) is 35.6 Å². The molecule has 1 amide bonds. The predicted octanol–water partition coefficient (Wildman–Crippen LogP) is 2.35. The van der Waals surface area contributed by atoms with Crippen molar-refractivity contribution in [1.29, 1.82) is 0 Å². The van der Waals surface area contributed by atoms with Crippen LogP contribution < -0.4 is 5.32 Å². The Hall–Kier alpha value is -1.46. The quantitative estimate of drug-likeness (QED) is 0.907. The largest absolute Gasteiger partial charge is 0.325 e. The van der Waals surface area contributed by atoms with Gasteiger partial charge in [0.05, 0.1) is 6.54 Å². The van der Waals surface area contributed by atoms with Gasteiger partial charge < -0.3 is 10.2 Å². The van der Waals surface area contributed by atoms with Crippen molar-refractivity contribution >= 4 is 11.6 Å². The minimum absolute atomic E-state index is 0.0828. The molecule has 4 nitrogen and oxygen atoms in total. The summed E-state index contributed by atoms with van der Waals surface area (Å²) in [6.45, 7) is 11.5. The number of anilines is 1. The molecule has 122 valence electrons. The Morgan fingerprint density at radius 2 is 1.86 bits per heavy atom. The summed E-state index contributed by atoms with van der Waals surface area (Å²) in [5.41, 5.74) is 1.10. The van der Waals surface area contributed by atoms with Crippen molar-refractivity contribution in [3.05, 3.63) is 29.6 Å². The van der Waals surface area contributed by atoms with Gasteiger partial charge in [-0.3, -0.25) is 9.69 Å². The summed E-state index contributed by atoms with van der Waals surface area (Å²) in [4.78, 5) is 16.6. The second-order valence-electron chi connectivity index (χ2n) is 6.48. The van der Waals surface area contributed by atoms with Gasteiger partial charge in [-0.1, -0.05) is 19.9 Å². The van der Waals surface area contributed by atoms with E-state index in [9.17, 15) is 9.18 Å². The highest BCUT2D eigenvalue weighted by Gasteiger charge is 2.19. The van der Waals surface area contributed by atoms with Gasteiger partial charge in [0.25, 0.3) is 0 Å². The molecule has 0 aliphatic carbocycles. The van der Waals surface area contributed by atoms with E-state index in [0.717, 1.165) is 32.7 Å². The molecular weight excluding hydrogens is 281 g/mol. The zero-order chi connectivity index (χ0) is 16.1. The maximum atomic E-state index is 13.5. The fourth-order valence-corrected chi connectivity index (χ4v) is 2.72. The van der Waals surface area contributed by atoms with Crippen molar-refractivity contribution in [2.24, 2.45) is 5.92 Å². The molecule has 1 saturated heterocycles. The van der Waals surface area contributed by atoms with E-state index in [-0.39, 0.29) is 11.7 Å². The fraction of sp³-hybridized carbons (Fsp3) is 0.588. The Morgan fingerprint density at radius 3 is 2.45 bits per heavy atom. The fourth-order valence-electron chi connectivity index (χ4n) is 2.72. The smallest absolute Gasteiger partial charge is 0.238 e. The van der Waals surface area contributed by atoms with Gasteiger partial charge in [-0.15, -0.1) is 0 Å². The number of benzene rings is 1. The first-order valence-electron chi connectivity index (χ1n) is 7.95. The first kappa shape index (κ1) is 16.9. The molecular formula is C17H26FN3O. The molecule has 1 aromatic rings. The Labute approximate surface area is 132 Å². The van der Waals surface area contributed by atoms with E-state index in [1.165, 1.54) is 6.07 Å². The van der Waals surface area contributed by atoms with Crippen molar-refractivity contribution in [2.45, 2.75) is 20.8 Å². The van der Waals surface area contributed by atoms with Crippen molar-refractivity contribution in [2.75, 3.05) is 44.6 Å². The molecule has 0 unspecified atom stereocenters. The summed E-state index contributed by atoms with van der Waals surface area (Å²) in [6.07, 6.45) is 0. The molecule has 0 atom stereocenters. The Kier molecular flexibility index (Phi) is 5.91. The molecule has 1 aliphatic rings. The number of hydrogen-bond donors (Lipinski definition) is 1. The summed E-state index contributed by atoms with van der Waals surface area (Å²) in [6, 6.07) is 4.78. The summed E-state index contributed by atoms with van der Waals surface area (Å²) in [5.74, 6) is 0.298. The number of amides is 1. The van der Waals surface area contributed by atoms with Crippen molar-refractivity contribution in [3.63, 3.8) is 0 Å². The maximum Gasteiger partial charge on any atom is 0.238 e. The van der Waals surface area contributed by atoms with Crippen LogP contribution in [0.5, 0.6) is 0 Å². The van der Waals surface area contributed by atoms with Crippen molar-refractivity contribution < 1.29 is 9.18 Å². The highest BCUT2D eigenvalue weighted by molar-refractivity contribution is 5.92. The molecule has 1 aliphatic heterocycles. The minimum Gasteiger partial charge on any atom is -0.325 e. The van der Waals surface area contributed by atoms with E-state index in [0.29, 0.717) is 23.7 Å². The third-order valence-corrected chi connectivity index (χ3v) is 3.91. The first-order valence-corrected chi connectivity index (χ1v) is 7.95. The van der Waals surface area contributed by atoms with Crippen LogP contribution in [-0.4, -0.2) is 55.0 Å². The summed E-state index contributed by atoms with van der Waals surface area (Å²) >= 11 is 0. The molecule has 5 heteroatoms. The number of carbonyl (C=O) groups is 1. The number of nitrogens with zero attached hydrogens (tertiary/aromatic N) is 2. The van der Waals surface area contributed by atoms with Crippen molar-refractivity contribution in [3.8, 4) is 0 Å². The lowest BCUT2D eigenvalue weighted by Crippen LogP contribution is -2.49. The SMILES string of the molecule is Cc1ccc(NC(=O)CN2CCN(CC(C)C)CC2)cc1F. The third kappa shape index (κ3) is 5.07. The molecule has 0 bridgehead atoms. The Bertz CT molecular complexity index is 511. The second-order valence-corrected chi connectivity index (χ2v) is 6.48. The third-order valence-electron chi connectivity index (χ3n) is 3.91. The van der Waals surface area contributed by atoms with Crippen LogP contribution in [0.25, 0.3) is 0 Å². The minimum atomic E-state index is -0.292. The van der Waals surface area contributed by atoms with Gasteiger partial charge in [-0.2, -0.15) is 0 Å². The Morgan fingerprint density at radius 1 is 1.23 bits per heavy atom. The van der Waals surface area contributed by atoms with Crippen LogP contribution in [0.3, 0.4) is 0 Å². The molecule has 1 heterocycles. The average Bonchev–Trinajstić information content (AvgIpc) is 2.44. The van der Waals surface area contributed by atoms with Gasteiger partial charge >= 0.3 is 0 Å². The van der Waals surface area contributed by atoms with Gasteiger partial charge in [-0.25, -0.2) is 4.39 Å². The van der Waals surface area contributed by atoms with Gasteiger partial charge in [-0.05, 0) is 30.5 Å². The van der Waals surface area contributed by atoms with Gasteiger partial charge in [0.1, 0.15) is 5.82 Å². The van der Waals surface area contributed by atoms with E-state index in [1.54, 1.807) is 19.1 Å². The summed E-state index contributed by atoms with van der Waals surface area (Å²) in [7, 11) is 0. The molecule has 0 saturated carbocycles. The monoisotopic (exact) mass is 307 g/mol. The molecule has 2 rings (SSSR count). The maximum absolute atomic E-state index is 13.5. The van der Waals surface area contributed by atoms with Crippen molar-refractivity contribution in [1.82, 2.24) is 9.80 Å². The van der Waals surface area contributed by atoms with Crippen LogP contribution in [-0.2, 0) is 4.79 Å². The summed E-state index contributed by atoms with van der Waals surface area (Å²) < 4.78 is 13.5. The lowest BCUT2D eigenvalue weighted by molar-refractivity contribution is -0.117. The molecule has 1 aromatic carbocycles. The molecule has 22 heavy (non-hydrogen) atoms. The Balaban J connectivity index is 1.77. The highest BCUT2D eigenvalue weighted by Crippen LogP contribution is 2.13. The molecule has 0 aromatic heterocycles. The normalized spacial score (nSPS) is 17.0. The molecule has 0 radical (unpaired) electrons. The molecule has 0 spiro atoms. The van der Waals surface area contributed by atoms with E-state index < -0.39 is 0 Å². The number of rotatable bonds is 5. The number of hydrogen-bond acceptors (Lipinski definition) is 3. The predicted molar refractivity (Wildman–Crippen MR) is 87.5 cm³/mol. The van der Waals surface area contributed by atoms with E-state index in [2.05, 4.69) is 29.0 Å². The number of aryl methyl sites for hydroxylation is 1. The standard InChI is InChI=1S/C17H26FN3O/c1-13(2)11-20-6-8-21(9-7-20)12-17(22)19-15-5-4-14(3)16(18)10-15/h4-5,10,13H,6-9,11-12H2,1-3H3,(H,19,22). The van der Waals surface area contributed by atoms with E-state index in [4.69, 9.17) is 0 Å². The van der Waals surface area contributed by atoms with Gasteiger partial charge in [0.15, 0.2) is 0 Å². The van der Waals surface area contributed by atoms with Crippen LogP contribution in [0.1, 0.15) is 19.4 Å².